The summed E-state index contributed by atoms with van der Waals surface area (Å²) in [5.74, 6) is 0.760. The van der Waals surface area contributed by atoms with E-state index in [2.05, 4.69) is 4.98 Å². The quantitative estimate of drug-likeness (QED) is 0.831. The summed E-state index contributed by atoms with van der Waals surface area (Å²) in [5, 5.41) is 2.99. The molecule has 1 aromatic carbocycles. The van der Waals surface area contributed by atoms with Crippen LogP contribution in [0.15, 0.2) is 23.6 Å². The van der Waals surface area contributed by atoms with E-state index in [-0.39, 0.29) is 0 Å². The maximum Gasteiger partial charge on any atom is 0.145 e. The molecule has 2 rings (SSSR count). The Morgan fingerprint density at radius 2 is 2.19 bits per heavy atom. The smallest absolute Gasteiger partial charge is 0.145 e. The van der Waals surface area contributed by atoms with Gasteiger partial charge in [0.1, 0.15) is 17.4 Å². The summed E-state index contributed by atoms with van der Waals surface area (Å²) in [5.41, 5.74) is 8.60. The number of aryl methyl sites for hydroxylation is 2. The molecule has 0 aliphatic rings. The van der Waals surface area contributed by atoms with Crippen LogP contribution in [0.5, 0.6) is 5.75 Å². The monoisotopic (exact) mass is 234 g/mol. The molecule has 0 aliphatic carbocycles. The number of hydrogen-bond acceptors (Lipinski definition) is 4. The lowest BCUT2D eigenvalue weighted by Gasteiger charge is -2.09. The number of aromatic nitrogens is 1. The number of para-hydroxylation sites is 1. The van der Waals surface area contributed by atoms with Crippen LogP contribution in [-0.4, -0.2) is 4.98 Å². The molecule has 0 spiro atoms. The molecule has 0 radical (unpaired) electrons. The normalized spacial score (nSPS) is 10.4. The SMILES string of the molecule is Cc1csc(COc2c(C)cccc2N)n1. The van der Waals surface area contributed by atoms with Gasteiger partial charge in [0.15, 0.2) is 0 Å². The van der Waals surface area contributed by atoms with Gasteiger partial charge in [-0.05, 0) is 25.5 Å². The van der Waals surface area contributed by atoms with Crippen molar-refractivity contribution in [1.82, 2.24) is 4.98 Å². The maximum atomic E-state index is 5.85. The third-order valence-corrected chi connectivity index (χ3v) is 3.19. The Bertz CT molecular complexity index is 473. The molecule has 0 saturated carbocycles. The zero-order chi connectivity index (χ0) is 11.5. The van der Waals surface area contributed by atoms with Gasteiger partial charge in [-0.2, -0.15) is 0 Å². The summed E-state index contributed by atoms with van der Waals surface area (Å²) < 4.78 is 5.69. The van der Waals surface area contributed by atoms with Gasteiger partial charge < -0.3 is 10.5 Å². The van der Waals surface area contributed by atoms with Gasteiger partial charge in [-0.1, -0.05) is 12.1 Å². The van der Waals surface area contributed by atoms with E-state index in [1.165, 1.54) is 0 Å². The van der Waals surface area contributed by atoms with Crippen molar-refractivity contribution >= 4 is 17.0 Å². The number of anilines is 1. The summed E-state index contributed by atoms with van der Waals surface area (Å²) in [4.78, 5) is 4.34. The Hall–Kier alpha value is -1.55. The van der Waals surface area contributed by atoms with Gasteiger partial charge in [0.25, 0.3) is 0 Å². The standard InChI is InChI=1S/C12H14N2OS/c1-8-4-3-5-10(13)12(8)15-6-11-14-9(2)7-16-11/h3-5,7H,6,13H2,1-2H3. The number of nitrogens with zero attached hydrogens (tertiary/aromatic N) is 1. The average Bonchev–Trinajstić information content (AvgIpc) is 2.63. The molecule has 3 nitrogen and oxygen atoms in total. The molecular formula is C12H14N2OS. The van der Waals surface area contributed by atoms with Gasteiger partial charge in [-0.15, -0.1) is 11.3 Å². The van der Waals surface area contributed by atoms with Crippen molar-refractivity contribution in [2.75, 3.05) is 5.73 Å². The molecule has 2 N–H and O–H groups in total. The van der Waals surface area contributed by atoms with Gasteiger partial charge in [0, 0.05) is 11.1 Å². The minimum Gasteiger partial charge on any atom is -0.484 e. The Balaban J connectivity index is 2.10. The second kappa shape index (κ2) is 4.53. The number of hydrogen-bond donors (Lipinski definition) is 1. The highest BCUT2D eigenvalue weighted by Crippen LogP contribution is 2.26. The van der Waals surface area contributed by atoms with E-state index < -0.39 is 0 Å². The lowest BCUT2D eigenvalue weighted by Crippen LogP contribution is -2.00. The predicted octanol–water partition coefficient (Wildman–Crippen LogP) is 2.92. The van der Waals surface area contributed by atoms with Crippen LogP contribution < -0.4 is 10.5 Å². The van der Waals surface area contributed by atoms with Gasteiger partial charge in [0.2, 0.25) is 0 Å². The van der Waals surface area contributed by atoms with Crippen LogP contribution in [0.3, 0.4) is 0 Å². The summed E-state index contributed by atoms with van der Waals surface area (Å²) in [6.07, 6.45) is 0. The Morgan fingerprint density at radius 1 is 1.38 bits per heavy atom. The van der Waals surface area contributed by atoms with E-state index in [9.17, 15) is 0 Å². The largest absolute Gasteiger partial charge is 0.484 e. The van der Waals surface area contributed by atoms with Crippen LogP contribution >= 0.6 is 11.3 Å². The fourth-order valence-corrected chi connectivity index (χ4v) is 2.16. The average molecular weight is 234 g/mol. The van der Waals surface area contributed by atoms with Crippen molar-refractivity contribution in [3.8, 4) is 5.75 Å². The van der Waals surface area contributed by atoms with Crippen LogP contribution in [0.4, 0.5) is 5.69 Å². The van der Waals surface area contributed by atoms with Crippen LogP contribution in [0.25, 0.3) is 0 Å². The van der Waals surface area contributed by atoms with Crippen molar-refractivity contribution in [1.29, 1.82) is 0 Å². The second-order valence-electron chi connectivity index (χ2n) is 3.66. The van der Waals surface area contributed by atoms with Crippen LogP contribution in [-0.2, 0) is 6.61 Å². The molecule has 16 heavy (non-hydrogen) atoms. The van der Waals surface area contributed by atoms with Crippen molar-refractivity contribution in [2.24, 2.45) is 0 Å². The first-order valence-electron chi connectivity index (χ1n) is 5.05. The zero-order valence-electron chi connectivity index (χ0n) is 9.36. The number of nitrogens with two attached hydrogens (primary N) is 1. The van der Waals surface area contributed by atoms with Crippen LogP contribution in [0, 0.1) is 13.8 Å². The molecule has 2 aromatic rings. The summed E-state index contributed by atoms with van der Waals surface area (Å²) in [6.45, 7) is 4.44. The summed E-state index contributed by atoms with van der Waals surface area (Å²) >= 11 is 1.60. The Morgan fingerprint density at radius 3 is 2.81 bits per heavy atom. The van der Waals surface area contributed by atoms with Crippen molar-refractivity contribution < 1.29 is 4.74 Å². The highest BCUT2D eigenvalue weighted by molar-refractivity contribution is 7.09. The third-order valence-electron chi connectivity index (χ3n) is 2.25. The third kappa shape index (κ3) is 2.33. The van der Waals surface area contributed by atoms with E-state index in [0.29, 0.717) is 12.3 Å². The van der Waals surface area contributed by atoms with E-state index in [1.54, 1.807) is 11.3 Å². The molecule has 0 saturated heterocycles. The van der Waals surface area contributed by atoms with Crippen molar-refractivity contribution in [3.05, 3.63) is 39.8 Å². The molecular weight excluding hydrogens is 220 g/mol. The first-order chi connectivity index (χ1) is 7.66. The zero-order valence-corrected chi connectivity index (χ0v) is 10.2. The summed E-state index contributed by atoms with van der Waals surface area (Å²) in [7, 11) is 0. The minimum absolute atomic E-state index is 0.480. The van der Waals surface area contributed by atoms with Gasteiger partial charge in [-0.25, -0.2) is 4.98 Å². The molecule has 0 bridgehead atoms. The topological polar surface area (TPSA) is 48.1 Å². The molecule has 0 unspecified atom stereocenters. The molecule has 0 amide bonds. The van der Waals surface area contributed by atoms with Crippen molar-refractivity contribution in [2.45, 2.75) is 20.5 Å². The molecule has 4 heteroatoms. The first kappa shape index (κ1) is 11.0. The second-order valence-corrected chi connectivity index (χ2v) is 4.61. The highest BCUT2D eigenvalue weighted by Gasteiger charge is 2.05. The van der Waals surface area contributed by atoms with Gasteiger partial charge in [0.05, 0.1) is 5.69 Å². The molecule has 1 heterocycles. The molecule has 1 aromatic heterocycles. The molecule has 0 fully saturated rings. The van der Waals surface area contributed by atoms with E-state index in [1.807, 2.05) is 37.4 Å². The van der Waals surface area contributed by atoms with Gasteiger partial charge >= 0.3 is 0 Å². The van der Waals surface area contributed by atoms with E-state index in [4.69, 9.17) is 10.5 Å². The number of thiazole rings is 1. The highest BCUT2D eigenvalue weighted by atomic mass is 32.1. The van der Waals surface area contributed by atoms with Crippen LogP contribution in [0.1, 0.15) is 16.3 Å². The number of rotatable bonds is 3. The van der Waals surface area contributed by atoms with Crippen molar-refractivity contribution in [3.63, 3.8) is 0 Å². The van der Waals surface area contributed by atoms with E-state index in [0.717, 1.165) is 22.0 Å². The van der Waals surface area contributed by atoms with E-state index >= 15 is 0 Å². The lowest BCUT2D eigenvalue weighted by atomic mass is 10.2. The minimum atomic E-state index is 0.480. The number of benzene rings is 1. The number of nitrogen functional groups attached to an aromatic ring is 1. The first-order valence-corrected chi connectivity index (χ1v) is 5.93. The molecule has 84 valence electrons. The summed E-state index contributed by atoms with van der Waals surface area (Å²) in [6, 6.07) is 5.75. The van der Waals surface area contributed by atoms with Crippen LogP contribution in [0.2, 0.25) is 0 Å². The number of ether oxygens (including phenoxy) is 1. The lowest BCUT2D eigenvalue weighted by molar-refractivity contribution is 0.305. The Labute approximate surface area is 98.9 Å². The maximum absolute atomic E-state index is 5.85. The molecule has 0 atom stereocenters. The fraction of sp³-hybridized carbons (Fsp3) is 0.250. The predicted molar refractivity (Wildman–Crippen MR) is 66.8 cm³/mol. The molecule has 0 aliphatic heterocycles. The fourth-order valence-electron chi connectivity index (χ4n) is 1.48. The Kier molecular flexibility index (Phi) is 3.10. The van der Waals surface area contributed by atoms with Gasteiger partial charge in [-0.3, -0.25) is 0 Å².